The van der Waals surface area contributed by atoms with Gasteiger partial charge in [-0.05, 0) is 0 Å². The van der Waals surface area contributed by atoms with Crippen molar-refractivity contribution in [3.8, 4) is 0 Å². The Morgan fingerprint density at radius 2 is 0.800 bits per heavy atom. The summed E-state index contributed by atoms with van der Waals surface area (Å²) in [5.41, 5.74) is 0. The van der Waals surface area contributed by atoms with Gasteiger partial charge in [-0.3, -0.25) is 0 Å². The topological polar surface area (TPSA) is 181 Å². The Morgan fingerprint density at radius 3 is 0.800 bits per heavy atom. The summed E-state index contributed by atoms with van der Waals surface area (Å²) in [6.07, 6.45) is 0. The molecule has 10 heteroatoms. The molecular weight excluding hydrogens is 223 g/mol. The van der Waals surface area contributed by atoms with E-state index in [4.69, 9.17) is 19.2 Å². The maximum Gasteiger partial charge on any atom is 2.00 e. The molecule has 0 saturated heterocycles. The van der Waals surface area contributed by atoms with Crippen LogP contribution >= 0.6 is 7.82 Å². The maximum absolute atomic E-state index is 8.55. The summed E-state index contributed by atoms with van der Waals surface area (Å²) in [7, 11) is -5.39. The molecule has 0 amide bonds. The number of rotatable bonds is 0. The van der Waals surface area contributed by atoms with Gasteiger partial charge in [-0.15, -0.1) is 0 Å². The van der Waals surface area contributed by atoms with E-state index in [0.29, 0.717) is 0 Å². The quantitative estimate of drug-likeness (QED) is 0.296. The van der Waals surface area contributed by atoms with Crippen molar-refractivity contribution in [3.63, 3.8) is 0 Å². The Bertz CT molecular complexity index is 57.7. The molecule has 0 spiro atoms. The zero-order valence-electron chi connectivity index (χ0n) is 4.99. The molecule has 0 radical (unpaired) electrons. The molecule has 0 aliphatic rings. The van der Waals surface area contributed by atoms with Crippen molar-refractivity contribution in [2.45, 2.75) is 0 Å². The number of phosphoric acid groups is 1. The third kappa shape index (κ3) is 151. The van der Waals surface area contributed by atoms with Gasteiger partial charge < -0.3 is 35.7 Å². The largest absolute Gasteiger partial charge is 2.00 e. The van der Waals surface area contributed by atoms with E-state index in [2.05, 4.69) is 0 Å². The van der Waals surface area contributed by atoms with E-state index >= 15 is 0 Å². The molecule has 10 heavy (non-hydrogen) atoms. The third-order valence-electron chi connectivity index (χ3n) is 0. The molecule has 0 aromatic heterocycles. The van der Waals surface area contributed by atoms with Gasteiger partial charge in [-0.1, -0.05) is 0 Å². The molecule has 0 bridgehead atoms. The van der Waals surface area contributed by atoms with Crippen LogP contribution in [0, 0.1) is 0 Å². The van der Waals surface area contributed by atoms with E-state index in [9.17, 15) is 0 Å². The van der Waals surface area contributed by atoms with Crippen LogP contribution in [0.25, 0.3) is 0 Å². The monoisotopic (exact) mass is 229 g/mol. The van der Waals surface area contributed by atoms with Gasteiger partial charge in [0.25, 0.3) is 0 Å². The zero-order chi connectivity index (χ0) is 4.50. The van der Waals surface area contributed by atoms with E-state index in [0.717, 1.165) is 0 Å². The van der Waals surface area contributed by atoms with Crippen molar-refractivity contribution < 1.29 is 35.7 Å². The predicted molar refractivity (Wildman–Crippen MR) is 30.0 cm³/mol. The summed E-state index contributed by atoms with van der Waals surface area (Å²) < 4.78 is 8.55. The normalized spacial score (nSPS) is 5.90. The zero-order valence-corrected chi connectivity index (χ0v) is 10.3. The summed E-state index contributed by atoms with van der Waals surface area (Å²) in [6, 6.07) is 0. The van der Waals surface area contributed by atoms with Crippen LogP contribution in [-0.4, -0.2) is 91.9 Å². The van der Waals surface area contributed by atoms with Gasteiger partial charge in [0.15, 0.2) is 0 Å². The van der Waals surface area contributed by atoms with Gasteiger partial charge in [0.05, 0.1) is 0 Å². The molecule has 7 nitrogen and oxygen atoms in total. The Morgan fingerprint density at radius 1 is 0.800 bits per heavy atom. The number of hydrogen-bond acceptors (Lipinski definition) is 4. The van der Waals surface area contributed by atoms with Crippen LogP contribution in [0.15, 0.2) is 0 Å². The van der Waals surface area contributed by atoms with Crippen molar-refractivity contribution in [1.29, 1.82) is 0 Å². The first-order valence-corrected chi connectivity index (χ1v) is 2.19. The van der Waals surface area contributed by atoms with Crippen LogP contribution in [0.4, 0.5) is 0 Å². The minimum absolute atomic E-state index is 0. The van der Waals surface area contributed by atoms with Gasteiger partial charge in [-0.2, -0.15) is 7.82 Å². The fraction of sp³-hybridized carbons (Fsp3) is 0. The molecule has 0 aromatic rings. The Balaban J connectivity index is -0.00000000800. The molecule has 0 aromatic carbocycles. The second-order valence-corrected chi connectivity index (χ2v) is 1.34. The molecule has 0 aliphatic heterocycles. The molecule has 0 fully saturated rings. The molecular formula is H6Ca2O7P+. The first-order valence-electron chi connectivity index (χ1n) is 0.730. The first-order chi connectivity index (χ1) is 2.00. The standard InChI is InChI=1S/2Ca.H3O4P.3H2O/c;;1-5(2,3)4;;;/h;;(H3,1,2,3,4);3*1H2/q2*+2;;;;/p-3. The molecule has 0 rings (SSSR count). The van der Waals surface area contributed by atoms with Crippen LogP contribution < -0.4 is 14.7 Å². The molecule has 0 heterocycles. The Hall–Kier alpha value is 2.51. The molecule has 56 valence electrons. The van der Waals surface area contributed by atoms with Gasteiger partial charge >= 0.3 is 75.5 Å². The van der Waals surface area contributed by atoms with E-state index in [1.54, 1.807) is 0 Å². The third-order valence-corrected chi connectivity index (χ3v) is 0. The molecule has 6 N–H and O–H groups in total. The van der Waals surface area contributed by atoms with E-state index in [-0.39, 0.29) is 91.9 Å². The van der Waals surface area contributed by atoms with Crippen molar-refractivity contribution in [2.24, 2.45) is 0 Å². The van der Waals surface area contributed by atoms with Gasteiger partial charge in [0.1, 0.15) is 0 Å². The van der Waals surface area contributed by atoms with Crippen molar-refractivity contribution in [1.82, 2.24) is 0 Å². The first kappa shape index (κ1) is 39.1. The average Bonchev–Trinajstić information content (AvgIpc) is 0.722. The summed E-state index contributed by atoms with van der Waals surface area (Å²) in [6.45, 7) is 0. The molecule has 0 unspecified atom stereocenters. The van der Waals surface area contributed by atoms with Crippen LogP contribution in [-0.2, 0) is 4.57 Å². The molecule has 0 aliphatic carbocycles. The van der Waals surface area contributed by atoms with E-state index < -0.39 is 7.82 Å². The molecule has 0 atom stereocenters. The average molecular weight is 229 g/mol. The minimum atomic E-state index is -5.39. The molecule has 0 saturated carbocycles. The van der Waals surface area contributed by atoms with Crippen LogP contribution in [0.1, 0.15) is 0 Å². The minimum Gasteiger partial charge on any atom is -0.822 e. The Kier molecular flexibility index (Phi) is 68.7. The SMILES string of the molecule is O.O.O.O=P([O-])([O-])[O-].[Ca+2].[Ca+2]. The van der Waals surface area contributed by atoms with Crippen LogP contribution in [0.2, 0.25) is 0 Å². The van der Waals surface area contributed by atoms with Crippen molar-refractivity contribution >= 4 is 83.3 Å². The summed E-state index contributed by atoms with van der Waals surface area (Å²) in [4.78, 5) is 25.6. The van der Waals surface area contributed by atoms with E-state index in [1.807, 2.05) is 0 Å². The summed E-state index contributed by atoms with van der Waals surface area (Å²) in [5.74, 6) is 0. The van der Waals surface area contributed by atoms with Crippen molar-refractivity contribution in [2.75, 3.05) is 0 Å². The van der Waals surface area contributed by atoms with Crippen LogP contribution in [0.5, 0.6) is 0 Å². The predicted octanol–water partition coefficient (Wildman–Crippen LogP) is -6.06. The second-order valence-electron chi connectivity index (χ2n) is 0.447. The smallest absolute Gasteiger partial charge is 0.822 e. The van der Waals surface area contributed by atoms with Gasteiger partial charge in [0.2, 0.25) is 0 Å². The maximum atomic E-state index is 8.55. The van der Waals surface area contributed by atoms with Gasteiger partial charge in [-0.25, -0.2) is 0 Å². The fourth-order valence-corrected chi connectivity index (χ4v) is 0. The number of hydrogen-bond donors (Lipinski definition) is 0. The van der Waals surface area contributed by atoms with Crippen LogP contribution in [0.3, 0.4) is 0 Å². The summed E-state index contributed by atoms with van der Waals surface area (Å²) in [5, 5.41) is 0. The Labute approximate surface area is 117 Å². The van der Waals surface area contributed by atoms with E-state index in [1.165, 1.54) is 0 Å². The van der Waals surface area contributed by atoms with Gasteiger partial charge in [0, 0.05) is 0 Å². The summed E-state index contributed by atoms with van der Waals surface area (Å²) >= 11 is 0. The second kappa shape index (κ2) is 17.6. The van der Waals surface area contributed by atoms with Crippen molar-refractivity contribution in [3.05, 3.63) is 0 Å². The fourth-order valence-electron chi connectivity index (χ4n) is 0.